The van der Waals surface area contributed by atoms with Gasteiger partial charge in [-0.1, -0.05) is 6.07 Å². The first-order valence-corrected chi connectivity index (χ1v) is 5.54. The summed E-state index contributed by atoms with van der Waals surface area (Å²) in [7, 11) is 1.50. The molecule has 2 rings (SSSR count). The van der Waals surface area contributed by atoms with E-state index < -0.39 is 0 Å². The van der Waals surface area contributed by atoms with Gasteiger partial charge in [-0.15, -0.1) is 11.3 Å². The molecule has 0 radical (unpaired) electrons. The van der Waals surface area contributed by atoms with Crippen LogP contribution in [0.15, 0.2) is 29.6 Å². The van der Waals surface area contributed by atoms with E-state index in [4.69, 9.17) is 4.74 Å². The molecule has 0 fully saturated rings. The van der Waals surface area contributed by atoms with Crippen molar-refractivity contribution in [1.82, 2.24) is 0 Å². The maximum atomic E-state index is 10.8. The number of aldehydes is 1. The lowest BCUT2D eigenvalue weighted by atomic mass is 10.1. The number of phenolic OH excluding ortho intramolecular Hbond substituents is 1. The number of thiophene rings is 1. The molecule has 1 N–H and O–H groups in total. The average molecular weight is 234 g/mol. The maximum Gasteiger partial charge on any atom is 0.160 e. The van der Waals surface area contributed by atoms with Crippen molar-refractivity contribution in [2.75, 3.05) is 7.11 Å². The molecule has 0 saturated carbocycles. The van der Waals surface area contributed by atoms with Gasteiger partial charge in [0.05, 0.1) is 12.0 Å². The molecule has 0 aliphatic heterocycles. The molecule has 0 aliphatic carbocycles. The lowest BCUT2D eigenvalue weighted by molar-refractivity contribution is 0.112. The summed E-state index contributed by atoms with van der Waals surface area (Å²) in [5.41, 5.74) is 1.64. The molecule has 1 aromatic heterocycles. The summed E-state index contributed by atoms with van der Waals surface area (Å²) in [6, 6.07) is 6.94. The largest absolute Gasteiger partial charge is 0.504 e. The summed E-state index contributed by atoms with van der Waals surface area (Å²) in [5.74, 6) is 0.495. The van der Waals surface area contributed by atoms with Gasteiger partial charge in [0.15, 0.2) is 17.8 Å². The van der Waals surface area contributed by atoms with Gasteiger partial charge in [-0.25, -0.2) is 0 Å². The van der Waals surface area contributed by atoms with Crippen molar-refractivity contribution in [3.63, 3.8) is 0 Å². The first kappa shape index (κ1) is 10.7. The van der Waals surface area contributed by atoms with Crippen molar-refractivity contribution in [2.24, 2.45) is 0 Å². The third-order valence-electron chi connectivity index (χ3n) is 2.29. The van der Waals surface area contributed by atoms with Crippen LogP contribution in [0.1, 0.15) is 9.67 Å². The van der Waals surface area contributed by atoms with Gasteiger partial charge in [0.2, 0.25) is 0 Å². The topological polar surface area (TPSA) is 46.5 Å². The fraction of sp³-hybridized carbons (Fsp3) is 0.0833. The quantitative estimate of drug-likeness (QED) is 0.830. The smallest absolute Gasteiger partial charge is 0.160 e. The number of aromatic hydroxyl groups is 1. The molecule has 16 heavy (non-hydrogen) atoms. The van der Waals surface area contributed by atoms with Gasteiger partial charge in [-0.05, 0) is 29.1 Å². The number of methoxy groups -OCH3 is 1. The van der Waals surface area contributed by atoms with Crippen LogP contribution in [-0.4, -0.2) is 18.5 Å². The first-order valence-electron chi connectivity index (χ1n) is 4.66. The van der Waals surface area contributed by atoms with Gasteiger partial charge >= 0.3 is 0 Å². The zero-order valence-corrected chi connectivity index (χ0v) is 9.45. The Labute approximate surface area is 96.9 Å². The molecule has 3 nitrogen and oxygen atoms in total. The second-order valence-electron chi connectivity index (χ2n) is 3.20. The first-order chi connectivity index (χ1) is 7.76. The van der Waals surface area contributed by atoms with Crippen LogP contribution in [0.3, 0.4) is 0 Å². The molecule has 0 aliphatic rings. The van der Waals surface area contributed by atoms with Crippen molar-refractivity contribution in [2.45, 2.75) is 0 Å². The molecule has 0 spiro atoms. The van der Waals surface area contributed by atoms with Crippen LogP contribution < -0.4 is 4.74 Å². The maximum absolute atomic E-state index is 10.8. The molecule has 1 heterocycles. The van der Waals surface area contributed by atoms with E-state index in [-0.39, 0.29) is 5.75 Å². The summed E-state index contributed by atoms with van der Waals surface area (Å²) < 4.78 is 4.96. The minimum Gasteiger partial charge on any atom is -0.504 e. The Kier molecular flexibility index (Phi) is 2.92. The molecular weight excluding hydrogens is 224 g/mol. The summed E-state index contributed by atoms with van der Waals surface area (Å²) in [6.07, 6.45) is 0.821. The van der Waals surface area contributed by atoms with E-state index in [0.717, 1.165) is 17.4 Å². The lowest BCUT2D eigenvalue weighted by Crippen LogP contribution is -1.85. The lowest BCUT2D eigenvalue weighted by Gasteiger charge is -2.05. The summed E-state index contributed by atoms with van der Waals surface area (Å²) in [4.78, 5) is 11.5. The number of benzene rings is 1. The van der Waals surface area contributed by atoms with Crippen LogP contribution in [0, 0.1) is 0 Å². The zero-order valence-electron chi connectivity index (χ0n) is 8.64. The molecule has 0 amide bonds. The van der Waals surface area contributed by atoms with Gasteiger partial charge in [0.1, 0.15) is 0 Å². The van der Waals surface area contributed by atoms with Crippen LogP contribution in [-0.2, 0) is 0 Å². The van der Waals surface area contributed by atoms with E-state index in [1.807, 2.05) is 17.5 Å². The Morgan fingerprint density at radius 1 is 1.38 bits per heavy atom. The fourth-order valence-corrected chi connectivity index (χ4v) is 2.23. The number of hydrogen-bond donors (Lipinski definition) is 1. The van der Waals surface area contributed by atoms with Crippen LogP contribution >= 0.6 is 11.3 Å². The molecule has 82 valence electrons. The monoisotopic (exact) mass is 234 g/mol. The normalized spacial score (nSPS) is 10.1. The number of hydrogen-bond acceptors (Lipinski definition) is 4. The Hall–Kier alpha value is -1.81. The summed E-state index contributed by atoms with van der Waals surface area (Å²) in [5, 5.41) is 11.5. The standard InChI is InChI=1S/C12H10O3S/c1-15-11-3-2-8(6-10(11)14)9-4-5-16-12(9)7-13/h2-7,14H,1H3. The summed E-state index contributed by atoms with van der Waals surface area (Å²) in [6.45, 7) is 0. The van der Waals surface area contributed by atoms with Crippen molar-refractivity contribution in [1.29, 1.82) is 0 Å². The van der Waals surface area contributed by atoms with Crippen molar-refractivity contribution in [3.8, 4) is 22.6 Å². The van der Waals surface area contributed by atoms with E-state index >= 15 is 0 Å². The van der Waals surface area contributed by atoms with Crippen LogP contribution in [0.25, 0.3) is 11.1 Å². The fourth-order valence-electron chi connectivity index (χ4n) is 1.51. The molecule has 0 unspecified atom stereocenters. The zero-order chi connectivity index (χ0) is 11.5. The van der Waals surface area contributed by atoms with Gasteiger partial charge in [0, 0.05) is 5.56 Å². The highest BCUT2D eigenvalue weighted by molar-refractivity contribution is 7.12. The van der Waals surface area contributed by atoms with E-state index in [0.29, 0.717) is 10.6 Å². The third-order valence-corrected chi connectivity index (χ3v) is 3.13. The molecule has 0 saturated heterocycles. The highest BCUT2D eigenvalue weighted by atomic mass is 32.1. The third kappa shape index (κ3) is 1.79. The van der Waals surface area contributed by atoms with Gasteiger partial charge < -0.3 is 9.84 Å². The highest BCUT2D eigenvalue weighted by Crippen LogP contribution is 2.33. The van der Waals surface area contributed by atoms with Gasteiger partial charge in [0.25, 0.3) is 0 Å². The SMILES string of the molecule is COc1ccc(-c2ccsc2C=O)cc1O. The molecular formula is C12H10O3S. The number of carbonyl (C=O) groups is 1. The van der Waals surface area contributed by atoms with E-state index in [1.54, 1.807) is 12.1 Å². The molecule has 0 atom stereocenters. The van der Waals surface area contributed by atoms with E-state index in [1.165, 1.54) is 18.4 Å². The van der Waals surface area contributed by atoms with Crippen molar-refractivity contribution >= 4 is 17.6 Å². The molecule has 0 bridgehead atoms. The number of ether oxygens (including phenoxy) is 1. The average Bonchev–Trinajstić information content (AvgIpc) is 2.77. The van der Waals surface area contributed by atoms with Crippen LogP contribution in [0.4, 0.5) is 0 Å². The predicted molar refractivity (Wildman–Crippen MR) is 63.4 cm³/mol. The second kappa shape index (κ2) is 4.37. The minimum absolute atomic E-state index is 0.0723. The highest BCUT2D eigenvalue weighted by Gasteiger charge is 2.08. The molecule has 1 aromatic carbocycles. The molecule has 2 aromatic rings. The van der Waals surface area contributed by atoms with Crippen LogP contribution in [0.2, 0.25) is 0 Å². The Bertz CT molecular complexity index is 517. The number of rotatable bonds is 3. The van der Waals surface area contributed by atoms with Gasteiger partial charge in [-0.2, -0.15) is 0 Å². The number of phenols is 1. The predicted octanol–water partition coefficient (Wildman–Crippen LogP) is 2.94. The Morgan fingerprint density at radius 2 is 2.19 bits per heavy atom. The Balaban J connectivity index is 2.49. The second-order valence-corrected chi connectivity index (χ2v) is 4.15. The van der Waals surface area contributed by atoms with E-state index in [9.17, 15) is 9.90 Å². The summed E-state index contributed by atoms with van der Waals surface area (Å²) >= 11 is 1.38. The minimum atomic E-state index is 0.0723. The van der Waals surface area contributed by atoms with Crippen molar-refractivity contribution < 1.29 is 14.6 Å². The van der Waals surface area contributed by atoms with Crippen LogP contribution in [0.5, 0.6) is 11.5 Å². The van der Waals surface area contributed by atoms with Crippen molar-refractivity contribution in [3.05, 3.63) is 34.5 Å². The Morgan fingerprint density at radius 3 is 2.81 bits per heavy atom. The van der Waals surface area contributed by atoms with E-state index in [2.05, 4.69) is 0 Å². The molecule has 4 heteroatoms. The number of carbonyl (C=O) groups excluding carboxylic acids is 1. The van der Waals surface area contributed by atoms with Gasteiger partial charge in [-0.3, -0.25) is 4.79 Å².